The fourth-order valence-corrected chi connectivity index (χ4v) is 1.73. The first-order chi connectivity index (χ1) is 6.64. The quantitative estimate of drug-likeness (QED) is 0.665. The smallest absolute Gasteiger partial charge is 0.305 e. The summed E-state index contributed by atoms with van der Waals surface area (Å²) in [6, 6.07) is 0.0420. The maximum atomic E-state index is 10.9. The van der Waals surface area contributed by atoms with Gasteiger partial charge in [0, 0.05) is 17.9 Å². The molecule has 82 valence electrons. The van der Waals surface area contributed by atoms with Gasteiger partial charge in [-0.3, -0.25) is 4.79 Å². The van der Waals surface area contributed by atoms with Crippen molar-refractivity contribution in [1.29, 1.82) is 0 Å². The minimum absolute atomic E-state index is 0.0420. The number of esters is 1. The summed E-state index contributed by atoms with van der Waals surface area (Å²) >= 11 is 0. The van der Waals surface area contributed by atoms with E-state index >= 15 is 0 Å². The van der Waals surface area contributed by atoms with Crippen LogP contribution in [0.4, 0.5) is 0 Å². The van der Waals surface area contributed by atoms with E-state index in [2.05, 4.69) is 11.7 Å². The van der Waals surface area contributed by atoms with Gasteiger partial charge in [-0.2, -0.15) is 0 Å². The van der Waals surface area contributed by atoms with Crippen LogP contribution < -0.4 is 5.73 Å². The molecule has 1 fully saturated rings. The minimum Gasteiger partial charge on any atom is -0.469 e. The molecule has 4 heteroatoms. The third kappa shape index (κ3) is 2.25. The van der Waals surface area contributed by atoms with Crippen molar-refractivity contribution < 1.29 is 14.3 Å². The molecule has 1 heterocycles. The van der Waals surface area contributed by atoms with Crippen molar-refractivity contribution >= 4 is 5.97 Å². The van der Waals surface area contributed by atoms with Crippen LogP contribution in [0.5, 0.6) is 0 Å². The first-order valence-electron chi connectivity index (χ1n) is 5.05. The molecule has 0 aromatic carbocycles. The van der Waals surface area contributed by atoms with Crippen LogP contribution in [0, 0.1) is 5.41 Å². The van der Waals surface area contributed by atoms with Gasteiger partial charge in [0.2, 0.25) is 0 Å². The molecule has 0 saturated carbocycles. The van der Waals surface area contributed by atoms with Gasteiger partial charge in [-0.15, -0.1) is 0 Å². The summed E-state index contributed by atoms with van der Waals surface area (Å²) in [7, 11) is 1.40. The van der Waals surface area contributed by atoms with Gasteiger partial charge in [0.1, 0.15) is 0 Å². The van der Waals surface area contributed by atoms with E-state index in [4.69, 9.17) is 10.5 Å². The zero-order valence-corrected chi connectivity index (χ0v) is 8.91. The van der Waals surface area contributed by atoms with E-state index in [9.17, 15) is 4.79 Å². The van der Waals surface area contributed by atoms with Crippen LogP contribution in [0.15, 0.2) is 0 Å². The second-order valence-electron chi connectivity index (χ2n) is 3.93. The lowest BCUT2D eigenvalue weighted by Crippen LogP contribution is -2.54. The summed E-state index contributed by atoms with van der Waals surface area (Å²) in [5.74, 6) is -0.188. The van der Waals surface area contributed by atoms with E-state index in [1.807, 2.05) is 0 Å². The van der Waals surface area contributed by atoms with Crippen molar-refractivity contribution in [2.75, 3.05) is 20.3 Å². The lowest BCUT2D eigenvalue weighted by molar-refractivity contribution is -0.144. The number of methoxy groups -OCH3 is 1. The first-order valence-corrected chi connectivity index (χ1v) is 5.05. The van der Waals surface area contributed by atoms with Crippen LogP contribution in [0.2, 0.25) is 0 Å². The number of hydrogen-bond donors (Lipinski definition) is 1. The van der Waals surface area contributed by atoms with E-state index in [1.54, 1.807) is 0 Å². The summed E-state index contributed by atoms with van der Waals surface area (Å²) in [5, 5.41) is 0. The summed E-state index contributed by atoms with van der Waals surface area (Å²) in [6.45, 7) is 3.57. The first kappa shape index (κ1) is 11.5. The van der Waals surface area contributed by atoms with Crippen molar-refractivity contribution in [3.05, 3.63) is 0 Å². The van der Waals surface area contributed by atoms with E-state index in [0.29, 0.717) is 12.8 Å². The Labute approximate surface area is 84.7 Å². The molecule has 0 aliphatic carbocycles. The van der Waals surface area contributed by atoms with Gasteiger partial charge < -0.3 is 15.2 Å². The molecule has 0 radical (unpaired) electrons. The van der Waals surface area contributed by atoms with Gasteiger partial charge in [0.05, 0.1) is 20.3 Å². The Bertz CT molecular complexity index is 196. The zero-order chi connectivity index (χ0) is 10.6. The largest absolute Gasteiger partial charge is 0.469 e. The molecule has 0 aromatic heterocycles. The Morgan fingerprint density at radius 1 is 1.64 bits per heavy atom. The second-order valence-corrected chi connectivity index (χ2v) is 3.93. The predicted octanol–water partition coefficient (Wildman–Crippen LogP) is 0.693. The molecule has 1 saturated heterocycles. The average Bonchev–Trinajstić information content (AvgIpc) is 2.13. The number of carbonyl (C=O) groups is 1. The number of hydrogen-bond acceptors (Lipinski definition) is 4. The van der Waals surface area contributed by atoms with E-state index in [-0.39, 0.29) is 17.4 Å². The highest BCUT2D eigenvalue weighted by Gasteiger charge is 2.42. The summed E-state index contributed by atoms with van der Waals surface area (Å²) in [4.78, 5) is 10.9. The fourth-order valence-electron chi connectivity index (χ4n) is 1.73. The monoisotopic (exact) mass is 201 g/mol. The van der Waals surface area contributed by atoms with Gasteiger partial charge in [-0.05, 0) is 12.8 Å². The average molecular weight is 201 g/mol. The van der Waals surface area contributed by atoms with Crippen molar-refractivity contribution in [2.45, 2.75) is 32.2 Å². The maximum absolute atomic E-state index is 10.9. The van der Waals surface area contributed by atoms with Crippen LogP contribution in [-0.4, -0.2) is 32.3 Å². The number of rotatable bonds is 5. The normalized spacial score (nSPS) is 21.1. The molecular weight excluding hydrogens is 182 g/mol. The third-order valence-corrected chi connectivity index (χ3v) is 3.16. The Kier molecular flexibility index (Phi) is 3.89. The highest BCUT2D eigenvalue weighted by atomic mass is 16.5. The molecule has 14 heavy (non-hydrogen) atoms. The van der Waals surface area contributed by atoms with Crippen LogP contribution in [-0.2, 0) is 14.3 Å². The highest BCUT2D eigenvalue weighted by Crippen LogP contribution is 2.35. The highest BCUT2D eigenvalue weighted by molar-refractivity contribution is 5.69. The standard InChI is InChI=1S/C10H19NO3/c1-3-10(6-14-7-10)8(11)4-5-9(12)13-2/h8H,3-7,11H2,1-2H3. The van der Waals surface area contributed by atoms with E-state index < -0.39 is 0 Å². The van der Waals surface area contributed by atoms with Crippen LogP contribution in [0.1, 0.15) is 26.2 Å². The fraction of sp³-hybridized carbons (Fsp3) is 0.900. The predicted molar refractivity (Wildman–Crippen MR) is 52.8 cm³/mol. The second kappa shape index (κ2) is 4.75. The molecule has 0 aromatic rings. The summed E-state index contributed by atoms with van der Waals surface area (Å²) < 4.78 is 9.76. The van der Waals surface area contributed by atoms with Crippen molar-refractivity contribution in [2.24, 2.45) is 11.1 Å². The number of ether oxygens (including phenoxy) is 2. The van der Waals surface area contributed by atoms with Gasteiger partial charge in [0.25, 0.3) is 0 Å². The van der Waals surface area contributed by atoms with Crippen LogP contribution in [0.3, 0.4) is 0 Å². The van der Waals surface area contributed by atoms with E-state index in [1.165, 1.54) is 7.11 Å². The molecule has 0 amide bonds. The maximum Gasteiger partial charge on any atom is 0.305 e. The Morgan fingerprint density at radius 3 is 2.64 bits per heavy atom. The Hall–Kier alpha value is -0.610. The van der Waals surface area contributed by atoms with Crippen molar-refractivity contribution in [1.82, 2.24) is 0 Å². The van der Waals surface area contributed by atoms with Gasteiger partial charge in [0.15, 0.2) is 0 Å². The lowest BCUT2D eigenvalue weighted by Gasteiger charge is -2.45. The SMILES string of the molecule is CCC1(C(N)CCC(=O)OC)COC1. The topological polar surface area (TPSA) is 61.6 Å². The number of carbonyl (C=O) groups excluding carboxylic acids is 1. The van der Waals surface area contributed by atoms with Crippen molar-refractivity contribution in [3.63, 3.8) is 0 Å². The molecule has 1 unspecified atom stereocenters. The number of nitrogens with two attached hydrogens (primary N) is 1. The molecule has 0 bridgehead atoms. The van der Waals surface area contributed by atoms with Crippen molar-refractivity contribution in [3.8, 4) is 0 Å². The molecule has 0 spiro atoms. The Balaban J connectivity index is 2.33. The molecule has 1 aliphatic heterocycles. The Morgan fingerprint density at radius 2 is 2.29 bits per heavy atom. The summed E-state index contributed by atoms with van der Waals surface area (Å²) in [6.07, 6.45) is 2.10. The van der Waals surface area contributed by atoms with Crippen LogP contribution in [0.25, 0.3) is 0 Å². The zero-order valence-electron chi connectivity index (χ0n) is 8.91. The van der Waals surface area contributed by atoms with Gasteiger partial charge >= 0.3 is 5.97 Å². The van der Waals surface area contributed by atoms with E-state index in [0.717, 1.165) is 19.6 Å². The molecule has 4 nitrogen and oxygen atoms in total. The summed E-state index contributed by atoms with van der Waals surface area (Å²) in [5.41, 5.74) is 6.14. The van der Waals surface area contributed by atoms with Gasteiger partial charge in [-0.1, -0.05) is 6.92 Å². The molecule has 1 atom stereocenters. The molecule has 2 N–H and O–H groups in total. The minimum atomic E-state index is -0.188. The molecule has 1 rings (SSSR count). The molecule has 1 aliphatic rings. The lowest BCUT2D eigenvalue weighted by atomic mass is 9.75. The third-order valence-electron chi connectivity index (χ3n) is 3.16. The van der Waals surface area contributed by atoms with Gasteiger partial charge in [-0.25, -0.2) is 0 Å². The molecular formula is C10H19NO3. The van der Waals surface area contributed by atoms with Crippen LogP contribution >= 0.6 is 0 Å².